The summed E-state index contributed by atoms with van der Waals surface area (Å²) in [7, 11) is 1.17. The van der Waals surface area contributed by atoms with Crippen molar-refractivity contribution in [1.29, 1.82) is 5.26 Å². The zero-order valence-corrected chi connectivity index (χ0v) is 9.33. The lowest BCUT2D eigenvalue weighted by Crippen LogP contribution is -2.11. The normalized spacial score (nSPS) is 10.1. The summed E-state index contributed by atoms with van der Waals surface area (Å²) in [4.78, 5) is 14.8. The molecule has 0 amide bonds. The van der Waals surface area contributed by atoms with E-state index in [9.17, 15) is 13.6 Å². The molecule has 1 rings (SSSR count). The summed E-state index contributed by atoms with van der Waals surface area (Å²) < 4.78 is 30.2. The van der Waals surface area contributed by atoms with Crippen LogP contribution in [0.25, 0.3) is 0 Å². The number of aromatic nitrogens is 1. The van der Waals surface area contributed by atoms with Crippen molar-refractivity contribution >= 4 is 5.97 Å². The number of nitriles is 1. The summed E-state index contributed by atoms with van der Waals surface area (Å²) in [5.41, 5.74) is -0.300. The molecule has 0 aliphatic rings. The average molecular weight is 240 g/mol. The number of aryl methyl sites for hydroxylation is 1. The van der Waals surface area contributed by atoms with Crippen LogP contribution in [-0.4, -0.2) is 18.1 Å². The number of carbonyl (C=O) groups excluding carboxylic acids is 1. The highest BCUT2D eigenvalue weighted by Crippen LogP contribution is 2.28. The number of hydrogen-bond acceptors (Lipinski definition) is 4. The minimum atomic E-state index is -2.85. The van der Waals surface area contributed by atoms with E-state index in [1.807, 2.05) is 0 Å². The standard InChI is InChI=1S/C11H10F2N2O2/c1-6-5-15-8(4-14)10(11(12)13)7(6)3-9(16)17-2/h5,11H,3H2,1-2H3. The second-order valence-electron chi connectivity index (χ2n) is 3.35. The molecule has 0 fully saturated rings. The summed E-state index contributed by atoms with van der Waals surface area (Å²) in [6.45, 7) is 1.55. The summed E-state index contributed by atoms with van der Waals surface area (Å²) in [6, 6.07) is 1.59. The van der Waals surface area contributed by atoms with E-state index in [0.29, 0.717) is 5.56 Å². The maximum absolute atomic E-state index is 12.9. The highest BCUT2D eigenvalue weighted by Gasteiger charge is 2.22. The monoisotopic (exact) mass is 240 g/mol. The first-order valence-electron chi connectivity index (χ1n) is 4.74. The lowest BCUT2D eigenvalue weighted by Gasteiger charge is -2.11. The van der Waals surface area contributed by atoms with E-state index >= 15 is 0 Å². The summed E-state index contributed by atoms with van der Waals surface area (Å²) >= 11 is 0. The lowest BCUT2D eigenvalue weighted by atomic mass is 9.99. The Hall–Kier alpha value is -2.03. The number of pyridine rings is 1. The number of rotatable bonds is 3. The SMILES string of the molecule is COC(=O)Cc1c(C)cnc(C#N)c1C(F)F. The van der Waals surface area contributed by atoms with Crippen molar-refractivity contribution in [3.05, 3.63) is 28.6 Å². The molecule has 0 aliphatic heterocycles. The van der Waals surface area contributed by atoms with Crippen molar-refractivity contribution in [2.24, 2.45) is 0 Å². The van der Waals surface area contributed by atoms with Crippen LogP contribution in [0, 0.1) is 18.3 Å². The Balaban J connectivity index is 3.35. The van der Waals surface area contributed by atoms with Crippen LogP contribution in [0.15, 0.2) is 6.20 Å². The number of halogens is 2. The molecular weight excluding hydrogens is 230 g/mol. The third-order valence-electron chi connectivity index (χ3n) is 2.32. The minimum absolute atomic E-state index is 0.110. The van der Waals surface area contributed by atoms with Crippen LogP contribution in [-0.2, 0) is 16.0 Å². The van der Waals surface area contributed by atoms with Gasteiger partial charge in [-0.3, -0.25) is 4.79 Å². The molecule has 0 bridgehead atoms. The molecule has 90 valence electrons. The molecule has 0 N–H and O–H groups in total. The van der Waals surface area contributed by atoms with Crippen molar-refractivity contribution < 1.29 is 18.3 Å². The zero-order chi connectivity index (χ0) is 13.0. The molecule has 0 aromatic carbocycles. The van der Waals surface area contributed by atoms with E-state index < -0.39 is 18.0 Å². The second-order valence-corrected chi connectivity index (χ2v) is 3.35. The first kappa shape index (κ1) is 13.0. The van der Waals surface area contributed by atoms with E-state index in [1.54, 1.807) is 13.0 Å². The van der Waals surface area contributed by atoms with Crippen molar-refractivity contribution in [2.75, 3.05) is 7.11 Å². The van der Waals surface area contributed by atoms with Crippen molar-refractivity contribution in [3.63, 3.8) is 0 Å². The van der Waals surface area contributed by atoms with Crippen LogP contribution in [0.3, 0.4) is 0 Å². The fraction of sp³-hybridized carbons (Fsp3) is 0.364. The molecule has 0 aliphatic carbocycles. The molecule has 1 heterocycles. The first-order chi connectivity index (χ1) is 8.01. The minimum Gasteiger partial charge on any atom is -0.469 e. The third kappa shape index (κ3) is 2.75. The maximum atomic E-state index is 12.9. The molecule has 17 heavy (non-hydrogen) atoms. The fourth-order valence-corrected chi connectivity index (χ4v) is 1.44. The van der Waals surface area contributed by atoms with E-state index in [0.717, 1.165) is 0 Å². The zero-order valence-electron chi connectivity index (χ0n) is 9.33. The Morgan fingerprint density at radius 3 is 2.76 bits per heavy atom. The van der Waals surface area contributed by atoms with E-state index in [2.05, 4.69) is 9.72 Å². The van der Waals surface area contributed by atoms with Crippen molar-refractivity contribution in [3.8, 4) is 6.07 Å². The van der Waals surface area contributed by atoms with Crippen LogP contribution in [0.4, 0.5) is 8.78 Å². The molecule has 4 nitrogen and oxygen atoms in total. The molecule has 1 aromatic rings. The predicted molar refractivity (Wildman–Crippen MR) is 54.4 cm³/mol. The van der Waals surface area contributed by atoms with Gasteiger partial charge in [0, 0.05) is 6.20 Å². The largest absolute Gasteiger partial charge is 0.469 e. The number of hydrogen-bond donors (Lipinski definition) is 0. The molecule has 0 unspecified atom stereocenters. The Morgan fingerprint density at radius 2 is 2.29 bits per heavy atom. The topological polar surface area (TPSA) is 63.0 Å². The smallest absolute Gasteiger partial charge is 0.310 e. The molecular formula is C11H10F2N2O2. The van der Waals surface area contributed by atoms with Gasteiger partial charge in [0.05, 0.1) is 19.1 Å². The number of carbonyl (C=O) groups is 1. The number of ether oxygens (including phenoxy) is 1. The van der Waals surface area contributed by atoms with Gasteiger partial charge in [-0.25, -0.2) is 13.8 Å². The average Bonchev–Trinajstić information content (AvgIpc) is 2.30. The highest BCUT2D eigenvalue weighted by atomic mass is 19.3. The third-order valence-corrected chi connectivity index (χ3v) is 2.32. The summed E-state index contributed by atoms with van der Waals surface area (Å²) in [5.74, 6) is -0.634. The molecule has 1 aromatic heterocycles. The van der Waals surface area contributed by atoms with Gasteiger partial charge in [0.25, 0.3) is 6.43 Å². The van der Waals surface area contributed by atoms with Crippen LogP contribution in [0.1, 0.15) is 28.8 Å². The van der Waals surface area contributed by atoms with Gasteiger partial charge >= 0.3 is 5.97 Å². The first-order valence-corrected chi connectivity index (χ1v) is 4.74. The van der Waals surface area contributed by atoms with E-state index in [1.165, 1.54) is 13.3 Å². The van der Waals surface area contributed by atoms with Gasteiger partial charge in [-0.15, -0.1) is 0 Å². The summed E-state index contributed by atoms with van der Waals surface area (Å²) in [5, 5.41) is 8.71. The highest BCUT2D eigenvalue weighted by molar-refractivity contribution is 5.73. The number of esters is 1. The lowest BCUT2D eigenvalue weighted by molar-refractivity contribution is -0.139. The van der Waals surface area contributed by atoms with E-state index in [4.69, 9.17) is 5.26 Å². The molecule has 0 saturated carbocycles. The van der Waals surface area contributed by atoms with Gasteiger partial charge in [-0.1, -0.05) is 0 Å². The maximum Gasteiger partial charge on any atom is 0.310 e. The number of alkyl halides is 2. The Kier molecular flexibility index (Phi) is 4.10. The van der Waals surface area contributed by atoms with Crippen LogP contribution in [0.2, 0.25) is 0 Å². The number of methoxy groups -OCH3 is 1. The van der Waals surface area contributed by atoms with Gasteiger partial charge in [0.1, 0.15) is 11.8 Å². The van der Waals surface area contributed by atoms with Crippen molar-refractivity contribution in [2.45, 2.75) is 19.8 Å². The molecule has 0 radical (unpaired) electrons. The predicted octanol–water partition coefficient (Wildman–Crippen LogP) is 1.91. The van der Waals surface area contributed by atoms with Crippen LogP contribution >= 0.6 is 0 Å². The van der Waals surface area contributed by atoms with Gasteiger partial charge in [0.15, 0.2) is 0 Å². The number of nitrogens with zero attached hydrogens (tertiary/aromatic N) is 2. The second kappa shape index (κ2) is 5.34. The van der Waals surface area contributed by atoms with Crippen LogP contribution in [0.5, 0.6) is 0 Å². The van der Waals surface area contributed by atoms with Crippen LogP contribution < -0.4 is 0 Å². The Labute approximate surface area is 96.8 Å². The van der Waals surface area contributed by atoms with Gasteiger partial charge in [-0.05, 0) is 18.1 Å². The van der Waals surface area contributed by atoms with Gasteiger partial charge in [0.2, 0.25) is 0 Å². The Morgan fingerprint density at radius 1 is 1.65 bits per heavy atom. The quantitative estimate of drug-likeness (QED) is 0.757. The van der Waals surface area contributed by atoms with Gasteiger partial charge in [-0.2, -0.15) is 5.26 Å². The Bertz CT molecular complexity index is 481. The van der Waals surface area contributed by atoms with Crippen molar-refractivity contribution in [1.82, 2.24) is 4.98 Å². The van der Waals surface area contributed by atoms with E-state index in [-0.39, 0.29) is 17.7 Å². The molecule has 6 heteroatoms. The molecule has 0 atom stereocenters. The molecule has 0 spiro atoms. The van der Waals surface area contributed by atoms with Gasteiger partial charge < -0.3 is 4.74 Å². The molecule has 0 saturated heterocycles. The summed E-state index contributed by atoms with van der Waals surface area (Å²) in [6.07, 6.45) is -1.85. The fourth-order valence-electron chi connectivity index (χ4n) is 1.44.